The van der Waals surface area contributed by atoms with E-state index in [1.54, 1.807) is 25.6 Å². The highest BCUT2D eigenvalue weighted by molar-refractivity contribution is 5.99. The third-order valence-corrected chi connectivity index (χ3v) is 2.47. The molecule has 0 spiro atoms. The van der Waals surface area contributed by atoms with Crippen molar-refractivity contribution in [2.75, 3.05) is 12.4 Å². The predicted octanol–water partition coefficient (Wildman–Crippen LogP) is 2.25. The van der Waals surface area contributed by atoms with Gasteiger partial charge in [-0.3, -0.25) is 4.79 Å². The lowest BCUT2D eigenvalue weighted by molar-refractivity contribution is 0.0951. The lowest BCUT2D eigenvalue weighted by Gasteiger charge is -2.08. The molecule has 0 saturated carbocycles. The Kier molecular flexibility index (Phi) is 3.45. The van der Waals surface area contributed by atoms with Gasteiger partial charge in [0.15, 0.2) is 0 Å². The lowest BCUT2D eigenvalue weighted by atomic mass is 10.1. The summed E-state index contributed by atoms with van der Waals surface area (Å²) in [4.78, 5) is 11.9. The molecule has 4 heteroatoms. The number of amides is 1. The molecular formula is C13H14N2O2. The topological polar surface area (TPSA) is 54.3 Å². The molecule has 2 aromatic rings. The van der Waals surface area contributed by atoms with Crippen LogP contribution in [0.4, 0.5) is 5.69 Å². The quantitative estimate of drug-likeness (QED) is 0.847. The van der Waals surface area contributed by atoms with Crippen LogP contribution in [0.3, 0.4) is 0 Å². The molecule has 2 rings (SSSR count). The number of carbonyl (C=O) groups excluding carboxylic acids is 1. The van der Waals surface area contributed by atoms with Gasteiger partial charge in [0.1, 0.15) is 0 Å². The largest absolute Gasteiger partial charge is 0.472 e. The molecule has 1 amide bonds. The Morgan fingerprint density at radius 3 is 2.82 bits per heavy atom. The second-order valence-corrected chi connectivity index (χ2v) is 3.61. The third-order valence-electron chi connectivity index (χ3n) is 2.47. The van der Waals surface area contributed by atoms with Gasteiger partial charge in [-0.25, -0.2) is 0 Å². The van der Waals surface area contributed by atoms with Gasteiger partial charge >= 0.3 is 0 Å². The first kappa shape index (κ1) is 11.3. The Morgan fingerprint density at radius 1 is 1.29 bits per heavy atom. The fourth-order valence-electron chi connectivity index (χ4n) is 1.57. The van der Waals surface area contributed by atoms with Crippen molar-refractivity contribution in [3.05, 3.63) is 54.0 Å². The van der Waals surface area contributed by atoms with Crippen LogP contribution < -0.4 is 10.6 Å². The summed E-state index contributed by atoms with van der Waals surface area (Å²) >= 11 is 0. The van der Waals surface area contributed by atoms with E-state index in [-0.39, 0.29) is 5.91 Å². The van der Waals surface area contributed by atoms with Crippen LogP contribution in [0.15, 0.2) is 47.3 Å². The van der Waals surface area contributed by atoms with Crippen LogP contribution >= 0.6 is 0 Å². The van der Waals surface area contributed by atoms with E-state index in [1.807, 2.05) is 24.3 Å². The van der Waals surface area contributed by atoms with Gasteiger partial charge < -0.3 is 15.1 Å². The Morgan fingerprint density at radius 2 is 2.12 bits per heavy atom. The third kappa shape index (κ3) is 2.66. The van der Waals surface area contributed by atoms with Crippen molar-refractivity contribution in [2.45, 2.75) is 6.54 Å². The maximum absolute atomic E-state index is 11.9. The molecule has 0 aliphatic heterocycles. The van der Waals surface area contributed by atoms with Crippen molar-refractivity contribution in [3.8, 4) is 0 Å². The van der Waals surface area contributed by atoms with Crippen LogP contribution in [0.2, 0.25) is 0 Å². The molecule has 0 atom stereocenters. The van der Waals surface area contributed by atoms with E-state index < -0.39 is 0 Å². The smallest absolute Gasteiger partial charge is 0.253 e. The Balaban J connectivity index is 2.04. The summed E-state index contributed by atoms with van der Waals surface area (Å²) in [6.07, 6.45) is 3.20. The van der Waals surface area contributed by atoms with Gasteiger partial charge in [0.05, 0.1) is 18.1 Å². The monoisotopic (exact) mass is 230 g/mol. The van der Waals surface area contributed by atoms with Crippen molar-refractivity contribution in [2.24, 2.45) is 0 Å². The van der Waals surface area contributed by atoms with E-state index in [0.717, 1.165) is 11.3 Å². The summed E-state index contributed by atoms with van der Waals surface area (Å²) in [7, 11) is 1.79. The maximum atomic E-state index is 11.9. The van der Waals surface area contributed by atoms with Gasteiger partial charge in [0.2, 0.25) is 0 Å². The van der Waals surface area contributed by atoms with Crippen LogP contribution in [-0.2, 0) is 6.54 Å². The summed E-state index contributed by atoms with van der Waals surface area (Å²) in [6.45, 7) is 0.466. The summed E-state index contributed by atoms with van der Waals surface area (Å²) in [5.74, 6) is -0.101. The molecule has 0 fully saturated rings. The molecule has 1 aromatic heterocycles. The zero-order chi connectivity index (χ0) is 12.1. The van der Waals surface area contributed by atoms with Crippen molar-refractivity contribution in [1.29, 1.82) is 0 Å². The molecule has 0 aliphatic rings. The SMILES string of the molecule is CNc1ccccc1C(=O)NCc1ccoc1. The molecule has 1 aromatic carbocycles. The number of rotatable bonds is 4. The fraction of sp³-hybridized carbons (Fsp3) is 0.154. The molecule has 2 N–H and O–H groups in total. The zero-order valence-electron chi connectivity index (χ0n) is 9.57. The predicted molar refractivity (Wildman–Crippen MR) is 65.9 cm³/mol. The van der Waals surface area contributed by atoms with Crippen LogP contribution in [0.1, 0.15) is 15.9 Å². The Bertz CT molecular complexity index is 492. The van der Waals surface area contributed by atoms with E-state index >= 15 is 0 Å². The highest BCUT2D eigenvalue weighted by Gasteiger charge is 2.09. The summed E-state index contributed by atoms with van der Waals surface area (Å²) in [6, 6.07) is 9.21. The fourth-order valence-corrected chi connectivity index (χ4v) is 1.57. The summed E-state index contributed by atoms with van der Waals surface area (Å²) < 4.78 is 4.93. The Labute approximate surface area is 99.6 Å². The lowest BCUT2D eigenvalue weighted by Crippen LogP contribution is -2.23. The van der Waals surface area contributed by atoms with E-state index in [0.29, 0.717) is 12.1 Å². The standard InChI is InChI=1S/C13H14N2O2/c1-14-12-5-3-2-4-11(12)13(16)15-8-10-6-7-17-9-10/h2-7,9,14H,8H2,1H3,(H,15,16). The number of hydrogen-bond donors (Lipinski definition) is 2. The van der Waals surface area contributed by atoms with Gasteiger partial charge in [0, 0.05) is 24.8 Å². The minimum Gasteiger partial charge on any atom is -0.472 e. The van der Waals surface area contributed by atoms with Crippen molar-refractivity contribution >= 4 is 11.6 Å². The van der Waals surface area contributed by atoms with Crippen LogP contribution in [0, 0.1) is 0 Å². The number of anilines is 1. The molecule has 0 saturated heterocycles. The van der Waals surface area contributed by atoms with E-state index in [1.165, 1.54) is 0 Å². The van der Waals surface area contributed by atoms with Gasteiger partial charge in [0.25, 0.3) is 5.91 Å². The second kappa shape index (κ2) is 5.21. The van der Waals surface area contributed by atoms with E-state index in [9.17, 15) is 4.79 Å². The molecule has 0 unspecified atom stereocenters. The minimum absolute atomic E-state index is 0.101. The number of nitrogens with one attached hydrogen (secondary N) is 2. The van der Waals surface area contributed by atoms with Gasteiger partial charge in [-0.1, -0.05) is 12.1 Å². The molecule has 0 radical (unpaired) electrons. The highest BCUT2D eigenvalue weighted by Crippen LogP contribution is 2.13. The first-order chi connectivity index (χ1) is 8.31. The maximum Gasteiger partial charge on any atom is 0.253 e. The van der Waals surface area contributed by atoms with Gasteiger partial charge in [-0.15, -0.1) is 0 Å². The molecular weight excluding hydrogens is 216 g/mol. The molecule has 17 heavy (non-hydrogen) atoms. The molecule has 4 nitrogen and oxygen atoms in total. The van der Waals surface area contributed by atoms with Gasteiger partial charge in [-0.2, -0.15) is 0 Å². The molecule has 1 heterocycles. The number of para-hydroxylation sites is 1. The van der Waals surface area contributed by atoms with Gasteiger partial charge in [-0.05, 0) is 18.2 Å². The van der Waals surface area contributed by atoms with Crippen LogP contribution in [0.25, 0.3) is 0 Å². The molecule has 88 valence electrons. The molecule has 0 aliphatic carbocycles. The van der Waals surface area contributed by atoms with Crippen LogP contribution in [-0.4, -0.2) is 13.0 Å². The average Bonchev–Trinajstić information content (AvgIpc) is 2.89. The summed E-state index contributed by atoms with van der Waals surface area (Å²) in [5, 5.41) is 5.83. The number of furan rings is 1. The normalized spacial score (nSPS) is 9.94. The minimum atomic E-state index is -0.101. The Hall–Kier alpha value is -2.23. The zero-order valence-corrected chi connectivity index (χ0v) is 9.57. The first-order valence-corrected chi connectivity index (χ1v) is 5.37. The van der Waals surface area contributed by atoms with Crippen molar-refractivity contribution in [3.63, 3.8) is 0 Å². The highest BCUT2D eigenvalue weighted by atomic mass is 16.3. The summed E-state index contributed by atoms with van der Waals surface area (Å²) in [5.41, 5.74) is 2.40. The first-order valence-electron chi connectivity index (χ1n) is 5.37. The van der Waals surface area contributed by atoms with Crippen molar-refractivity contribution < 1.29 is 9.21 Å². The molecule has 0 bridgehead atoms. The van der Waals surface area contributed by atoms with E-state index in [4.69, 9.17) is 4.42 Å². The number of hydrogen-bond acceptors (Lipinski definition) is 3. The van der Waals surface area contributed by atoms with Crippen molar-refractivity contribution in [1.82, 2.24) is 5.32 Å². The van der Waals surface area contributed by atoms with E-state index in [2.05, 4.69) is 10.6 Å². The average molecular weight is 230 g/mol. The van der Waals surface area contributed by atoms with Crippen LogP contribution in [0.5, 0.6) is 0 Å². The number of carbonyl (C=O) groups is 1. The second-order valence-electron chi connectivity index (χ2n) is 3.61. The number of benzene rings is 1.